The molecule has 0 aliphatic heterocycles. The van der Waals surface area contributed by atoms with E-state index in [0.717, 1.165) is 5.69 Å². The number of anilines is 1. The van der Waals surface area contributed by atoms with E-state index in [1.807, 2.05) is 36.7 Å². The number of pyridine rings is 1. The molecule has 0 saturated carbocycles. The van der Waals surface area contributed by atoms with Crippen molar-refractivity contribution in [3.63, 3.8) is 0 Å². The van der Waals surface area contributed by atoms with E-state index in [4.69, 9.17) is 5.73 Å². The van der Waals surface area contributed by atoms with Crippen molar-refractivity contribution in [3.8, 4) is 0 Å². The lowest BCUT2D eigenvalue weighted by atomic mass is 9.98. The molecule has 1 aromatic heterocycles. The van der Waals surface area contributed by atoms with Gasteiger partial charge < -0.3 is 5.73 Å². The number of nitrogen functional groups attached to an aromatic ring is 1. The number of benzene rings is 2. The lowest BCUT2D eigenvalue weighted by Gasteiger charge is -2.13. The fourth-order valence-electron chi connectivity index (χ4n) is 2.43. The van der Waals surface area contributed by atoms with Crippen LogP contribution in [0.2, 0.25) is 0 Å². The molecule has 20 heavy (non-hydrogen) atoms. The average Bonchev–Trinajstić information content (AvgIpc) is 2.52. The van der Waals surface area contributed by atoms with Crippen molar-refractivity contribution in [3.05, 3.63) is 96.3 Å². The Bertz CT molecular complexity index is 621. The summed E-state index contributed by atoms with van der Waals surface area (Å²) in [7, 11) is 0. The molecule has 0 saturated heterocycles. The van der Waals surface area contributed by atoms with Crippen LogP contribution < -0.4 is 10.3 Å². The molecule has 0 atom stereocenters. The third-order valence-corrected chi connectivity index (χ3v) is 3.41. The molecule has 0 unspecified atom stereocenters. The van der Waals surface area contributed by atoms with Gasteiger partial charge in [-0.25, -0.2) is 0 Å². The largest absolute Gasteiger partial charge is 0.398 e. The first kappa shape index (κ1) is 12.4. The van der Waals surface area contributed by atoms with Crippen molar-refractivity contribution >= 4 is 5.69 Å². The lowest BCUT2D eigenvalue weighted by Crippen LogP contribution is -2.40. The summed E-state index contributed by atoms with van der Waals surface area (Å²) in [6, 6.07) is 25.0. The van der Waals surface area contributed by atoms with Crippen LogP contribution in [0.1, 0.15) is 17.2 Å². The Morgan fingerprint density at radius 3 is 1.55 bits per heavy atom. The highest BCUT2D eigenvalue weighted by molar-refractivity contribution is 5.33. The summed E-state index contributed by atoms with van der Waals surface area (Å²) in [4.78, 5) is 0. The molecule has 1 heterocycles. The molecule has 0 spiro atoms. The zero-order valence-corrected chi connectivity index (χ0v) is 11.2. The fraction of sp³-hybridized carbons (Fsp3) is 0.0556. The van der Waals surface area contributed by atoms with Crippen LogP contribution in [0.15, 0.2) is 85.2 Å². The second-order valence-corrected chi connectivity index (χ2v) is 4.80. The second-order valence-electron chi connectivity index (χ2n) is 4.80. The Morgan fingerprint density at radius 2 is 1.10 bits per heavy atom. The molecule has 2 N–H and O–H groups in total. The van der Waals surface area contributed by atoms with Gasteiger partial charge in [0.25, 0.3) is 0 Å². The Hall–Kier alpha value is -2.61. The molecule has 0 aliphatic rings. The van der Waals surface area contributed by atoms with Crippen LogP contribution in [-0.4, -0.2) is 0 Å². The van der Waals surface area contributed by atoms with E-state index in [1.165, 1.54) is 11.1 Å². The van der Waals surface area contributed by atoms with E-state index >= 15 is 0 Å². The van der Waals surface area contributed by atoms with Crippen molar-refractivity contribution < 1.29 is 4.57 Å². The second kappa shape index (κ2) is 5.57. The minimum absolute atomic E-state index is 0.165. The summed E-state index contributed by atoms with van der Waals surface area (Å²) in [5.41, 5.74) is 9.09. The van der Waals surface area contributed by atoms with Crippen LogP contribution in [0.3, 0.4) is 0 Å². The standard InChI is InChI=1S/C18H16N2/c19-17-11-13-20(14-12-17)18(15-7-3-1-4-8-15)16-9-5-2-6-10-16/h1-14,18-19H/p+1. The Balaban J connectivity index is 2.11. The molecule has 3 aromatic rings. The minimum Gasteiger partial charge on any atom is -0.398 e. The third kappa shape index (κ3) is 2.54. The quantitative estimate of drug-likeness (QED) is 0.721. The summed E-state index contributed by atoms with van der Waals surface area (Å²) in [5, 5.41) is 0. The van der Waals surface area contributed by atoms with Crippen molar-refractivity contribution in [1.29, 1.82) is 0 Å². The van der Waals surface area contributed by atoms with Crippen molar-refractivity contribution in [2.45, 2.75) is 6.04 Å². The van der Waals surface area contributed by atoms with Crippen LogP contribution in [0.25, 0.3) is 0 Å². The maximum atomic E-state index is 5.79. The predicted octanol–water partition coefficient (Wildman–Crippen LogP) is 3.19. The van der Waals surface area contributed by atoms with Gasteiger partial charge in [0.1, 0.15) is 0 Å². The summed E-state index contributed by atoms with van der Waals surface area (Å²) >= 11 is 0. The monoisotopic (exact) mass is 261 g/mol. The van der Waals surface area contributed by atoms with Gasteiger partial charge in [0, 0.05) is 28.9 Å². The van der Waals surface area contributed by atoms with E-state index in [-0.39, 0.29) is 6.04 Å². The molecule has 0 amide bonds. The van der Waals surface area contributed by atoms with Gasteiger partial charge >= 0.3 is 0 Å². The van der Waals surface area contributed by atoms with Crippen LogP contribution in [0.5, 0.6) is 0 Å². The van der Waals surface area contributed by atoms with Crippen LogP contribution in [-0.2, 0) is 0 Å². The number of nitrogens with zero attached hydrogens (tertiary/aromatic N) is 1. The van der Waals surface area contributed by atoms with Crippen LogP contribution >= 0.6 is 0 Å². The molecule has 0 aliphatic carbocycles. The van der Waals surface area contributed by atoms with Gasteiger partial charge in [0.2, 0.25) is 6.04 Å². The maximum absolute atomic E-state index is 5.79. The number of hydrogen-bond acceptors (Lipinski definition) is 1. The number of nitrogens with two attached hydrogens (primary N) is 1. The van der Waals surface area contributed by atoms with E-state index in [9.17, 15) is 0 Å². The molecule has 0 bridgehead atoms. The van der Waals surface area contributed by atoms with Crippen molar-refractivity contribution in [1.82, 2.24) is 0 Å². The molecule has 2 heteroatoms. The highest BCUT2D eigenvalue weighted by Gasteiger charge is 2.22. The number of aromatic nitrogens is 1. The van der Waals surface area contributed by atoms with Gasteiger partial charge in [-0.1, -0.05) is 60.7 Å². The van der Waals surface area contributed by atoms with E-state index < -0.39 is 0 Å². The molecule has 0 fully saturated rings. The van der Waals surface area contributed by atoms with Crippen molar-refractivity contribution in [2.24, 2.45) is 0 Å². The lowest BCUT2D eigenvalue weighted by molar-refractivity contribution is -0.704. The van der Waals surface area contributed by atoms with Gasteiger partial charge in [0.05, 0.1) is 0 Å². The summed E-state index contributed by atoms with van der Waals surface area (Å²) in [6.45, 7) is 0. The molecule has 0 radical (unpaired) electrons. The van der Waals surface area contributed by atoms with Gasteiger partial charge in [0.15, 0.2) is 12.4 Å². The summed E-state index contributed by atoms with van der Waals surface area (Å²) in [6.07, 6.45) is 4.06. The summed E-state index contributed by atoms with van der Waals surface area (Å²) < 4.78 is 2.18. The molecule has 2 aromatic carbocycles. The first-order valence-electron chi connectivity index (χ1n) is 6.71. The van der Waals surface area contributed by atoms with E-state index in [2.05, 4.69) is 53.1 Å². The zero-order chi connectivity index (χ0) is 13.8. The third-order valence-electron chi connectivity index (χ3n) is 3.41. The molecule has 2 nitrogen and oxygen atoms in total. The normalized spacial score (nSPS) is 10.7. The SMILES string of the molecule is Nc1cc[n+](C(c2ccccc2)c2ccccc2)cc1. The highest BCUT2D eigenvalue weighted by atomic mass is 15.0. The van der Waals surface area contributed by atoms with Gasteiger partial charge in [-0.15, -0.1) is 0 Å². The Labute approximate surface area is 119 Å². The first-order valence-corrected chi connectivity index (χ1v) is 6.71. The van der Waals surface area contributed by atoms with Gasteiger partial charge in [-0.2, -0.15) is 4.57 Å². The molecular formula is C18H17N2+. The zero-order valence-electron chi connectivity index (χ0n) is 11.2. The van der Waals surface area contributed by atoms with Gasteiger partial charge in [-0.05, 0) is 0 Å². The van der Waals surface area contributed by atoms with Gasteiger partial charge in [-0.3, -0.25) is 0 Å². The fourth-order valence-corrected chi connectivity index (χ4v) is 2.43. The smallest absolute Gasteiger partial charge is 0.208 e. The van der Waals surface area contributed by atoms with E-state index in [1.54, 1.807) is 0 Å². The minimum atomic E-state index is 0.165. The van der Waals surface area contributed by atoms with Crippen LogP contribution in [0.4, 0.5) is 5.69 Å². The highest BCUT2D eigenvalue weighted by Crippen LogP contribution is 2.21. The Morgan fingerprint density at radius 1 is 0.650 bits per heavy atom. The first-order chi connectivity index (χ1) is 9.84. The number of hydrogen-bond donors (Lipinski definition) is 1. The average molecular weight is 261 g/mol. The molecular weight excluding hydrogens is 244 g/mol. The molecule has 98 valence electrons. The van der Waals surface area contributed by atoms with Crippen LogP contribution in [0, 0.1) is 0 Å². The predicted molar refractivity (Wildman–Crippen MR) is 81.2 cm³/mol. The number of rotatable bonds is 3. The Kier molecular flexibility index (Phi) is 3.46. The molecule has 3 rings (SSSR count). The topological polar surface area (TPSA) is 29.9 Å². The van der Waals surface area contributed by atoms with Crippen molar-refractivity contribution in [2.75, 3.05) is 5.73 Å². The maximum Gasteiger partial charge on any atom is 0.208 e. The van der Waals surface area contributed by atoms with E-state index in [0.29, 0.717) is 0 Å². The summed E-state index contributed by atoms with van der Waals surface area (Å²) in [5.74, 6) is 0.